The molecule has 0 unspecified atom stereocenters. The van der Waals surface area contributed by atoms with Crippen LogP contribution in [0.15, 0.2) is 55.0 Å². The van der Waals surface area contributed by atoms with Crippen molar-refractivity contribution in [3.63, 3.8) is 0 Å². The molecular formula is C20H28N6O3Si. The first-order valence-electron chi connectivity index (χ1n) is 10.0. The molecule has 30 heavy (non-hydrogen) atoms. The molecule has 0 radical (unpaired) electrons. The third-order valence-electron chi connectivity index (χ3n) is 4.46. The molecule has 0 aliphatic heterocycles. The van der Waals surface area contributed by atoms with Crippen molar-refractivity contribution in [3.8, 4) is 0 Å². The van der Waals surface area contributed by atoms with Crippen LogP contribution in [0, 0.1) is 0 Å². The molecule has 9 nitrogen and oxygen atoms in total. The van der Waals surface area contributed by atoms with E-state index in [-0.39, 0.29) is 6.04 Å². The summed E-state index contributed by atoms with van der Waals surface area (Å²) in [4.78, 5) is 30.7. The molecule has 0 saturated heterocycles. The Hall–Kier alpha value is -2.50. The Labute approximate surface area is 177 Å². The van der Waals surface area contributed by atoms with Crippen LogP contribution in [0.1, 0.15) is 30.4 Å². The lowest BCUT2D eigenvalue weighted by molar-refractivity contribution is 0.154. The zero-order chi connectivity index (χ0) is 21.2. The number of pyridine rings is 2. The standard InChI is InChI=1S/C20H28N6O3Si/c1-2-29-30(27,28)13-7-12-26-17-20(23-24-26)16-25(14-18-8-3-5-10-21-18)15-19-9-4-6-11-22-19/h3-6,8-11,17,27-28H,2,7,12-16H2,1H3. The molecular weight excluding hydrogens is 400 g/mol. The van der Waals surface area contributed by atoms with Crippen molar-refractivity contribution < 1.29 is 14.0 Å². The molecule has 3 heterocycles. The average Bonchev–Trinajstić information content (AvgIpc) is 3.16. The highest BCUT2D eigenvalue weighted by molar-refractivity contribution is 6.57. The Morgan fingerprint density at radius 1 is 0.967 bits per heavy atom. The van der Waals surface area contributed by atoms with Gasteiger partial charge in [-0.3, -0.25) is 19.5 Å². The van der Waals surface area contributed by atoms with Gasteiger partial charge in [0.2, 0.25) is 0 Å². The Kier molecular flexibility index (Phi) is 8.17. The molecule has 0 atom stereocenters. The fraction of sp³-hybridized carbons (Fsp3) is 0.400. The third kappa shape index (κ3) is 7.39. The maximum atomic E-state index is 9.81. The number of hydrogen-bond acceptors (Lipinski definition) is 8. The number of aromatic nitrogens is 5. The van der Waals surface area contributed by atoms with E-state index in [1.54, 1.807) is 24.0 Å². The molecule has 3 aromatic heterocycles. The largest absolute Gasteiger partial charge is 0.495 e. The monoisotopic (exact) mass is 428 g/mol. The summed E-state index contributed by atoms with van der Waals surface area (Å²) in [6, 6.07) is 12.0. The maximum absolute atomic E-state index is 9.81. The van der Waals surface area contributed by atoms with Crippen LogP contribution in [0.4, 0.5) is 0 Å². The van der Waals surface area contributed by atoms with Gasteiger partial charge in [0.25, 0.3) is 0 Å². The lowest BCUT2D eigenvalue weighted by Crippen LogP contribution is -2.38. The van der Waals surface area contributed by atoms with Gasteiger partial charge in [-0.15, -0.1) is 5.10 Å². The maximum Gasteiger partial charge on any atom is 0.495 e. The topological polar surface area (TPSA) is 109 Å². The van der Waals surface area contributed by atoms with Crippen LogP contribution in [0.3, 0.4) is 0 Å². The van der Waals surface area contributed by atoms with E-state index in [4.69, 9.17) is 4.43 Å². The zero-order valence-corrected chi connectivity index (χ0v) is 18.1. The lowest BCUT2D eigenvalue weighted by atomic mass is 10.2. The van der Waals surface area contributed by atoms with Crippen LogP contribution in [-0.4, -0.2) is 54.9 Å². The quantitative estimate of drug-likeness (QED) is 0.419. The second-order valence-corrected chi connectivity index (χ2v) is 9.31. The van der Waals surface area contributed by atoms with E-state index >= 15 is 0 Å². The van der Waals surface area contributed by atoms with E-state index < -0.39 is 8.80 Å². The van der Waals surface area contributed by atoms with Crippen molar-refractivity contribution in [2.75, 3.05) is 6.61 Å². The fourth-order valence-electron chi connectivity index (χ4n) is 3.13. The second kappa shape index (κ2) is 11.0. The molecule has 0 aliphatic rings. The molecule has 2 N–H and O–H groups in total. The summed E-state index contributed by atoms with van der Waals surface area (Å²) >= 11 is 0. The van der Waals surface area contributed by atoms with Gasteiger partial charge in [0.15, 0.2) is 0 Å². The highest BCUT2D eigenvalue weighted by Gasteiger charge is 2.30. The molecule has 3 aromatic rings. The summed E-state index contributed by atoms with van der Waals surface area (Å²) in [5, 5.41) is 8.45. The van der Waals surface area contributed by atoms with Crippen LogP contribution in [0.2, 0.25) is 6.04 Å². The molecule has 0 saturated carbocycles. The van der Waals surface area contributed by atoms with Gasteiger partial charge in [-0.25, -0.2) is 0 Å². The summed E-state index contributed by atoms with van der Waals surface area (Å²) in [6.07, 6.45) is 6.03. The number of rotatable bonds is 12. The molecule has 160 valence electrons. The number of aryl methyl sites for hydroxylation is 1. The average molecular weight is 429 g/mol. The third-order valence-corrected chi connectivity index (χ3v) is 6.22. The minimum atomic E-state index is -3.55. The van der Waals surface area contributed by atoms with Crippen LogP contribution in [0.25, 0.3) is 0 Å². The van der Waals surface area contributed by atoms with Crippen LogP contribution >= 0.6 is 0 Å². The normalized spacial score (nSPS) is 11.9. The second-order valence-electron chi connectivity index (χ2n) is 7.04. The predicted molar refractivity (Wildman–Crippen MR) is 113 cm³/mol. The Morgan fingerprint density at radius 2 is 1.60 bits per heavy atom. The van der Waals surface area contributed by atoms with E-state index in [9.17, 15) is 9.59 Å². The Bertz CT molecular complexity index is 837. The zero-order valence-electron chi connectivity index (χ0n) is 17.1. The molecule has 3 rings (SSSR count). The molecule has 0 spiro atoms. The van der Waals surface area contributed by atoms with E-state index in [0.717, 1.165) is 17.1 Å². The van der Waals surface area contributed by atoms with Gasteiger partial charge in [-0.1, -0.05) is 17.3 Å². The highest BCUT2D eigenvalue weighted by atomic mass is 28.4. The van der Waals surface area contributed by atoms with Crippen molar-refractivity contribution in [1.82, 2.24) is 29.9 Å². The first-order valence-corrected chi connectivity index (χ1v) is 12.0. The van der Waals surface area contributed by atoms with Crippen molar-refractivity contribution >= 4 is 8.80 Å². The van der Waals surface area contributed by atoms with Gasteiger partial charge in [0.1, 0.15) is 0 Å². The number of hydrogen-bond donors (Lipinski definition) is 2. The lowest BCUT2D eigenvalue weighted by Gasteiger charge is -2.20. The van der Waals surface area contributed by atoms with Crippen molar-refractivity contribution in [2.45, 2.75) is 45.6 Å². The van der Waals surface area contributed by atoms with E-state index in [2.05, 4.69) is 25.2 Å². The van der Waals surface area contributed by atoms with E-state index in [1.165, 1.54) is 0 Å². The van der Waals surface area contributed by atoms with Gasteiger partial charge >= 0.3 is 8.80 Å². The van der Waals surface area contributed by atoms with Gasteiger partial charge in [-0.05, 0) is 37.6 Å². The summed E-state index contributed by atoms with van der Waals surface area (Å²) in [7, 11) is -3.55. The van der Waals surface area contributed by atoms with E-state index in [0.29, 0.717) is 39.2 Å². The van der Waals surface area contributed by atoms with Crippen molar-refractivity contribution in [3.05, 3.63) is 72.1 Å². The smallest absolute Gasteiger partial charge is 0.390 e. The molecule has 0 bridgehead atoms. The summed E-state index contributed by atoms with van der Waals surface area (Å²) in [6.45, 7) is 4.54. The van der Waals surface area contributed by atoms with Crippen LogP contribution in [-0.2, 0) is 30.6 Å². The Morgan fingerprint density at radius 3 is 2.17 bits per heavy atom. The molecule has 0 aliphatic carbocycles. The first-order chi connectivity index (χ1) is 14.5. The molecule has 0 aromatic carbocycles. The highest BCUT2D eigenvalue weighted by Crippen LogP contribution is 2.12. The van der Waals surface area contributed by atoms with Crippen molar-refractivity contribution in [1.29, 1.82) is 0 Å². The van der Waals surface area contributed by atoms with Gasteiger partial charge < -0.3 is 14.0 Å². The van der Waals surface area contributed by atoms with Gasteiger partial charge in [0.05, 0.1) is 17.1 Å². The minimum Gasteiger partial charge on any atom is -0.390 e. The SMILES string of the molecule is CCO[Si](O)(O)CCCn1cc(CN(Cc2ccccn2)Cc2ccccn2)nn1. The summed E-state index contributed by atoms with van der Waals surface area (Å²) < 4.78 is 6.75. The summed E-state index contributed by atoms with van der Waals surface area (Å²) in [5.74, 6) is 0. The summed E-state index contributed by atoms with van der Waals surface area (Å²) in [5.41, 5.74) is 2.79. The van der Waals surface area contributed by atoms with Gasteiger partial charge in [0, 0.05) is 57.4 Å². The molecule has 0 fully saturated rings. The van der Waals surface area contributed by atoms with E-state index in [1.807, 2.05) is 42.6 Å². The first kappa shape index (κ1) is 22.2. The van der Waals surface area contributed by atoms with Crippen LogP contribution in [0.5, 0.6) is 0 Å². The minimum absolute atomic E-state index is 0.238. The van der Waals surface area contributed by atoms with Gasteiger partial charge in [-0.2, -0.15) is 0 Å². The molecule has 10 heteroatoms. The predicted octanol–water partition coefficient (Wildman–Crippen LogP) is 1.62. The van der Waals surface area contributed by atoms with Crippen molar-refractivity contribution in [2.24, 2.45) is 0 Å². The number of nitrogens with zero attached hydrogens (tertiary/aromatic N) is 6. The fourth-order valence-corrected chi connectivity index (χ4v) is 4.36. The van der Waals surface area contributed by atoms with Crippen LogP contribution < -0.4 is 0 Å². The Balaban J connectivity index is 1.60. The molecule has 0 amide bonds.